The van der Waals surface area contributed by atoms with Crippen molar-refractivity contribution in [1.82, 2.24) is 14.8 Å². The number of rotatable bonds is 6. The summed E-state index contributed by atoms with van der Waals surface area (Å²) < 4.78 is 18.0. The molecule has 0 radical (unpaired) electrons. The van der Waals surface area contributed by atoms with Gasteiger partial charge in [-0.15, -0.1) is 0 Å². The summed E-state index contributed by atoms with van der Waals surface area (Å²) in [5, 5.41) is 18.9. The van der Waals surface area contributed by atoms with Crippen LogP contribution < -0.4 is 19.5 Å². The fraction of sp³-hybridized carbons (Fsp3) is 0.292. The summed E-state index contributed by atoms with van der Waals surface area (Å²) >= 11 is 0. The molecule has 35 heavy (non-hydrogen) atoms. The van der Waals surface area contributed by atoms with Crippen molar-refractivity contribution >= 4 is 17.4 Å². The molecule has 0 bridgehead atoms. The summed E-state index contributed by atoms with van der Waals surface area (Å²) in [5.41, 5.74) is 2.67. The van der Waals surface area contributed by atoms with E-state index in [0.29, 0.717) is 40.8 Å². The highest BCUT2D eigenvalue weighted by atomic mass is 16.6. The Labute approximate surface area is 200 Å². The summed E-state index contributed by atoms with van der Waals surface area (Å²) in [6, 6.07) is 9.37. The van der Waals surface area contributed by atoms with Crippen LogP contribution in [-0.4, -0.2) is 46.8 Å². The van der Waals surface area contributed by atoms with Crippen molar-refractivity contribution in [3.05, 3.63) is 75.2 Å². The minimum atomic E-state index is -0.614. The van der Waals surface area contributed by atoms with E-state index < -0.39 is 11.0 Å². The van der Waals surface area contributed by atoms with Crippen LogP contribution in [0, 0.1) is 10.1 Å². The molecule has 1 aromatic heterocycles. The van der Waals surface area contributed by atoms with Crippen molar-refractivity contribution in [2.45, 2.75) is 24.8 Å². The number of nitrogens with zero attached hydrogens (tertiary/aromatic N) is 4. The van der Waals surface area contributed by atoms with E-state index >= 15 is 0 Å². The summed E-state index contributed by atoms with van der Waals surface area (Å²) in [6.45, 7) is 0. The average molecular weight is 477 g/mol. The molecule has 0 fully saturated rings. The third-order valence-electron chi connectivity index (χ3n) is 6.42. The summed E-state index contributed by atoms with van der Waals surface area (Å²) in [5.74, 6) is 1.76. The highest BCUT2D eigenvalue weighted by molar-refractivity contribution is 6.00. The maximum Gasteiger partial charge on any atom is 0.269 e. The van der Waals surface area contributed by atoms with Crippen molar-refractivity contribution in [3.8, 4) is 17.2 Å². The van der Waals surface area contributed by atoms with Gasteiger partial charge in [0.15, 0.2) is 17.3 Å². The van der Waals surface area contributed by atoms with Gasteiger partial charge in [0.1, 0.15) is 12.4 Å². The third-order valence-corrected chi connectivity index (χ3v) is 6.42. The van der Waals surface area contributed by atoms with Gasteiger partial charge >= 0.3 is 0 Å². The molecule has 0 saturated heterocycles. The molecule has 2 aromatic carbocycles. The number of hydrogen-bond acceptors (Lipinski definition) is 9. The van der Waals surface area contributed by atoms with Gasteiger partial charge in [0, 0.05) is 29.8 Å². The highest BCUT2D eigenvalue weighted by Crippen LogP contribution is 2.47. The zero-order chi connectivity index (χ0) is 24.7. The number of carbonyl (C=O) groups is 1. The number of Topliss-reactive ketones (excluding diaryl/α,β-unsaturated/α-hetero) is 1. The Morgan fingerprint density at radius 1 is 1.06 bits per heavy atom. The van der Waals surface area contributed by atoms with Crippen LogP contribution >= 0.6 is 0 Å². The Hall–Kier alpha value is -4.41. The molecule has 3 aromatic rings. The zero-order valence-corrected chi connectivity index (χ0v) is 19.3. The molecular weight excluding hydrogens is 454 g/mol. The van der Waals surface area contributed by atoms with Crippen LogP contribution in [0.3, 0.4) is 0 Å². The minimum Gasteiger partial charge on any atom is -0.493 e. The molecule has 2 aliphatic rings. The Morgan fingerprint density at radius 3 is 2.46 bits per heavy atom. The predicted octanol–water partition coefficient (Wildman–Crippen LogP) is 3.63. The number of nitro groups is 1. The standard InChI is InChI=1S/C24H23N5O6/c1-33-19-10-15(11-20(34-2)23(19)35-3)14-8-17-21(18(30)9-14)22(28-24(27-17)25-12-26-28)13-5-4-6-16(7-13)29(31)32/h4-7,10-12,14,22H,8-9H2,1-3H3,(H,25,26,27)/t14-,22-/m1/s1. The fourth-order valence-corrected chi connectivity index (χ4v) is 4.84. The number of aromatic nitrogens is 3. The number of nitrogens with one attached hydrogen (secondary N) is 1. The number of allylic oxidation sites excluding steroid dienone is 2. The largest absolute Gasteiger partial charge is 0.493 e. The number of ketones is 1. The van der Waals surface area contributed by atoms with E-state index in [9.17, 15) is 14.9 Å². The van der Waals surface area contributed by atoms with Crippen LogP contribution in [0.5, 0.6) is 17.2 Å². The van der Waals surface area contributed by atoms with Crippen molar-refractivity contribution in [3.63, 3.8) is 0 Å². The second-order valence-corrected chi connectivity index (χ2v) is 8.29. The monoisotopic (exact) mass is 477 g/mol. The molecule has 5 rings (SSSR count). The quantitative estimate of drug-likeness (QED) is 0.418. The summed E-state index contributed by atoms with van der Waals surface area (Å²) in [4.78, 5) is 28.8. The first-order valence-corrected chi connectivity index (χ1v) is 10.9. The molecule has 1 N–H and O–H groups in total. The van der Waals surface area contributed by atoms with Crippen LogP contribution in [0.15, 0.2) is 54.0 Å². The third kappa shape index (κ3) is 3.74. The lowest BCUT2D eigenvalue weighted by atomic mass is 9.77. The molecule has 2 atom stereocenters. The molecular formula is C24H23N5O6. The molecule has 0 amide bonds. The van der Waals surface area contributed by atoms with Gasteiger partial charge in [0.2, 0.25) is 11.7 Å². The van der Waals surface area contributed by atoms with Gasteiger partial charge in [-0.25, -0.2) is 4.68 Å². The van der Waals surface area contributed by atoms with E-state index in [1.165, 1.54) is 25.6 Å². The van der Waals surface area contributed by atoms with Gasteiger partial charge in [-0.05, 0) is 35.6 Å². The number of ether oxygens (including phenoxy) is 3. The molecule has 0 saturated carbocycles. The Morgan fingerprint density at radius 2 is 1.80 bits per heavy atom. The van der Waals surface area contributed by atoms with Crippen LogP contribution in [-0.2, 0) is 4.79 Å². The number of non-ortho nitro benzene ring substituents is 1. The van der Waals surface area contributed by atoms with Crippen LogP contribution in [0.1, 0.15) is 35.9 Å². The minimum absolute atomic E-state index is 0.0524. The highest BCUT2D eigenvalue weighted by Gasteiger charge is 2.40. The normalized spacial score (nSPS) is 18.9. The molecule has 1 aliphatic carbocycles. The topological polar surface area (TPSA) is 131 Å². The summed E-state index contributed by atoms with van der Waals surface area (Å²) in [7, 11) is 4.64. The van der Waals surface area contributed by atoms with Gasteiger partial charge in [-0.1, -0.05) is 12.1 Å². The lowest BCUT2D eigenvalue weighted by molar-refractivity contribution is -0.384. The number of fused-ring (bicyclic) bond motifs is 1. The van der Waals surface area contributed by atoms with Gasteiger partial charge in [-0.3, -0.25) is 14.9 Å². The molecule has 1 aliphatic heterocycles. The molecule has 0 spiro atoms. The zero-order valence-electron chi connectivity index (χ0n) is 19.3. The van der Waals surface area contributed by atoms with Gasteiger partial charge in [0.25, 0.3) is 5.69 Å². The molecule has 11 heteroatoms. The summed E-state index contributed by atoms with van der Waals surface area (Å²) in [6.07, 6.45) is 2.17. The van der Waals surface area contributed by atoms with Crippen molar-refractivity contribution in [1.29, 1.82) is 0 Å². The number of benzene rings is 2. The predicted molar refractivity (Wildman–Crippen MR) is 125 cm³/mol. The number of carbonyl (C=O) groups excluding carboxylic acids is 1. The first-order valence-electron chi connectivity index (χ1n) is 10.9. The van der Waals surface area contributed by atoms with Crippen molar-refractivity contribution in [2.75, 3.05) is 26.6 Å². The fourth-order valence-electron chi connectivity index (χ4n) is 4.84. The van der Waals surface area contributed by atoms with E-state index in [0.717, 1.165) is 11.3 Å². The van der Waals surface area contributed by atoms with Crippen LogP contribution in [0.2, 0.25) is 0 Å². The van der Waals surface area contributed by atoms with E-state index in [1.54, 1.807) is 31.0 Å². The number of anilines is 1. The lowest BCUT2D eigenvalue weighted by Crippen LogP contribution is -2.33. The van der Waals surface area contributed by atoms with Gasteiger partial charge in [0.05, 0.1) is 26.3 Å². The van der Waals surface area contributed by atoms with E-state index in [-0.39, 0.29) is 23.8 Å². The second kappa shape index (κ2) is 8.75. The molecule has 2 heterocycles. The van der Waals surface area contributed by atoms with E-state index in [1.807, 2.05) is 12.1 Å². The number of nitro benzene ring substituents is 1. The van der Waals surface area contributed by atoms with E-state index in [4.69, 9.17) is 14.2 Å². The lowest BCUT2D eigenvalue weighted by Gasteiger charge is -2.35. The average Bonchev–Trinajstić information content (AvgIpc) is 3.34. The molecule has 11 nitrogen and oxygen atoms in total. The van der Waals surface area contributed by atoms with Crippen LogP contribution in [0.4, 0.5) is 11.6 Å². The Bertz CT molecular complexity index is 1340. The SMILES string of the molecule is COc1cc([C@H]2CC(=O)C3=C(C2)Nc2ncnn2[C@@H]3c2cccc([N+](=O)[O-])c2)cc(OC)c1OC. The Kier molecular flexibility index (Phi) is 5.59. The van der Waals surface area contributed by atoms with E-state index in [2.05, 4.69) is 15.4 Å². The number of hydrogen-bond donors (Lipinski definition) is 1. The number of methoxy groups -OCH3 is 3. The first kappa shape index (κ1) is 22.4. The maximum absolute atomic E-state index is 13.6. The smallest absolute Gasteiger partial charge is 0.269 e. The molecule has 180 valence electrons. The Balaban J connectivity index is 1.58. The van der Waals surface area contributed by atoms with Crippen molar-refractivity contribution in [2.24, 2.45) is 0 Å². The second-order valence-electron chi connectivity index (χ2n) is 8.29. The van der Waals surface area contributed by atoms with Crippen molar-refractivity contribution < 1.29 is 23.9 Å². The van der Waals surface area contributed by atoms with Crippen LogP contribution in [0.25, 0.3) is 0 Å². The van der Waals surface area contributed by atoms with Gasteiger partial charge in [-0.2, -0.15) is 10.1 Å². The maximum atomic E-state index is 13.6. The first-order chi connectivity index (χ1) is 16.9. The molecule has 0 unspecified atom stereocenters. The van der Waals surface area contributed by atoms with Gasteiger partial charge < -0.3 is 19.5 Å².